The van der Waals surface area contributed by atoms with Crippen LogP contribution in [0.25, 0.3) is 0 Å². The fourth-order valence-corrected chi connectivity index (χ4v) is 1.80. The normalized spacial score (nSPS) is 16.0. The first kappa shape index (κ1) is 15.0. The van der Waals surface area contributed by atoms with Crippen LogP contribution in [0.1, 0.15) is 67.2 Å². The third-order valence-corrected chi connectivity index (χ3v) is 3.66. The lowest BCUT2D eigenvalue weighted by Gasteiger charge is -2.35. The highest BCUT2D eigenvalue weighted by atomic mass is 14.9. The zero-order valence-electron chi connectivity index (χ0n) is 11.7. The lowest BCUT2D eigenvalue weighted by molar-refractivity contribution is 0.180. The highest BCUT2D eigenvalue weighted by molar-refractivity contribution is 4.80. The number of hydrogen-bond donors (Lipinski definition) is 1. The molecular formula is C14H31N. The van der Waals surface area contributed by atoms with Gasteiger partial charge in [0.25, 0.3) is 0 Å². The molecule has 1 nitrogen and oxygen atoms in total. The van der Waals surface area contributed by atoms with Crippen molar-refractivity contribution in [3.05, 3.63) is 0 Å². The molecule has 0 aromatic rings. The van der Waals surface area contributed by atoms with E-state index in [2.05, 4.69) is 46.9 Å². The maximum absolute atomic E-state index is 3.59. The summed E-state index contributed by atoms with van der Waals surface area (Å²) < 4.78 is 0. The number of rotatable bonds is 8. The van der Waals surface area contributed by atoms with Crippen molar-refractivity contribution >= 4 is 0 Å². The molecule has 0 amide bonds. The highest BCUT2D eigenvalue weighted by Gasteiger charge is 2.27. The maximum Gasteiger partial charge on any atom is 0.00106 e. The Morgan fingerprint density at radius 3 is 2.07 bits per heavy atom. The van der Waals surface area contributed by atoms with E-state index in [1.807, 2.05) is 0 Å². The van der Waals surface area contributed by atoms with Crippen LogP contribution in [0.5, 0.6) is 0 Å². The molecule has 1 unspecified atom stereocenters. The molecule has 92 valence electrons. The minimum absolute atomic E-state index is 0.472. The van der Waals surface area contributed by atoms with Crippen molar-refractivity contribution in [1.29, 1.82) is 0 Å². The molecule has 0 bridgehead atoms. The third kappa shape index (κ3) is 6.19. The molecule has 0 saturated heterocycles. The van der Waals surface area contributed by atoms with Gasteiger partial charge in [0, 0.05) is 12.6 Å². The summed E-state index contributed by atoms with van der Waals surface area (Å²) in [5.74, 6) is 0.764. The maximum atomic E-state index is 3.59. The second-order valence-corrected chi connectivity index (χ2v) is 5.80. The van der Waals surface area contributed by atoms with Crippen molar-refractivity contribution in [2.24, 2.45) is 11.3 Å². The summed E-state index contributed by atoms with van der Waals surface area (Å²) in [6.07, 6.45) is 5.44. The van der Waals surface area contributed by atoms with Crippen molar-refractivity contribution in [1.82, 2.24) is 5.32 Å². The standard InChI is InChI=1S/C14H31N/c1-7-8-9-10-14(6,12(2)3)11-15-13(4)5/h12-13,15H,7-11H2,1-6H3. The van der Waals surface area contributed by atoms with Gasteiger partial charge in [-0.05, 0) is 17.8 Å². The number of unbranched alkanes of at least 4 members (excludes halogenated alkanes) is 2. The third-order valence-electron chi connectivity index (χ3n) is 3.66. The van der Waals surface area contributed by atoms with E-state index in [0.717, 1.165) is 12.5 Å². The Morgan fingerprint density at radius 2 is 1.67 bits per heavy atom. The summed E-state index contributed by atoms with van der Waals surface area (Å²) in [4.78, 5) is 0. The molecule has 0 rings (SSSR count). The summed E-state index contributed by atoms with van der Waals surface area (Å²) in [6, 6.07) is 0.606. The van der Waals surface area contributed by atoms with Crippen LogP contribution in [0.15, 0.2) is 0 Å². The van der Waals surface area contributed by atoms with E-state index in [1.54, 1.807) is 0 Å². The van der Waals surface area contributed by atoms with Gasteiger partial charge < -0.3 is 5.32 Å². The Balaban J connectivity index is 4.07. The van der Waals surface area contributed by atoms with Gasteiger partial charge in [0.05, 0.1) is 0 Å². The van der Waals surface area contributed by atoms with Crippen LogP contribution in [-0.2, 0) is 0 Å². The van der Waals surface area contributed by atoms with Crippen LogP contribution in [0.2, 0.25) is 0 Å². The van der Waals surface area contributed by atoms with E-state index >= 15 is 0 Å². The van der Waals surface area contributed by atoms with Crippen LogP contribution in [-0.4, -0.2) is 12.6 Å². The minimum Gasteiger partial charge on any atom is -0.314 e. The zero-order valence-corrected chi connectivity index (χ0v) is 11.7. The largest absolute Gasteiger partial charge is 0.314 e. The van der Waals surface area contributed by atoms with Gasteiger partial charge in [0.15, 0.2) is 0 Å². The Kier molecular flexibility index (Phi) is 7.25. The molecule has 0 radical (unpaired) electrons. The second kappa shape index (κ2) is 7.27. The Morgan fingerprint density at radius 1 is 1.07 bits per heavy atom. The fraction of sp³-hybridized carbons (Fsp3) is 1.00. The molecule has 0 aliphatic heterocycles. The molecule has 0 heterocycles. The molecule has 1 atom stereocenters. The van der Waals surface area contributed by atoms with Gasteiger partial charge in [-0.2, -0.15) is 0 Å². The van der Waals surface area contributed by atoms with Gasteiger partial charge in [-0.15, -0.1) is 0 Å². The van der Waals surface area contributed by atoms with Crippen molar-refractivity contribution in [2.45, 2.75) is 73.3 Å². The summed E-state index contributed by atoms with van der Waals surface area (Å²) >= 11 is 0. The number of hydrogen-bond acceptors (Lipinski definition) is 1. The molecule has 1 heteroatoms. The molecule has 0 aromatic heterocycles. The number of nitrogens with one attached hydrogen (secondary N) is 1. The van der Waals surface area contributed by atoms with E-state index in [4.69, 9.17) is 0 Å². The monoisotopic (exact) mass is 213 g/mol. The summed E-state index contributed by atoms with van der Waals surface area (Å²) in [5, 5.41) is 3.59. The fourth-order valence-electron chi connectivity index (χ4n) is 1.80. The van der Waals surface area contributed by atoms with Crippen molar-refractivity contribution < 1.29 is 0 Å². The minimum atomic E-state index is 0.472. The molecule has 0 fully saturated rings. The Labute approximate surface area is 97.0 Å². The van der Waals surface area contributed by atoms with Gasteiger partial charge >= 0.3 is 0 Å². The quantitative estimate of drug-likeness (QED) is 0.595. The van der Waals surface area contributed by atoms with Crippen LogP contribution in [0.3, 0.4) is 0 Å². The summed E-state index contributed by atoms with van der Waals surface area (Å²) in [6.45, 7) is 15.0. The SMILES string of the molecule is CCCCCC(C)(CNC(C)C)C(C)C. The van der Waals surface area contributed by atoms with E-state index in [-0.39, 0.29) is 0 Å². The van der Waals surface area contributed by atoms with Gasteiger partial charge in [0.1, 0.15) is 0 Å². The average molecular weight is 213 g/mol. The van der Waals surface area contributed by atoms with Gasteiger partial charge in [0.2, 0.25) is 0 Å². The van der Waals surface area contributed by atoms with E-state index < -0.39 is 0 Å². The van der Waals surface area contributed by atoms with E-state index in [1.165, 1.54) is 25.7 Å². The molecule has 1 N–H and O–H groups in total. The van der Waals surface area contributed by atoms with Gasteiger partial charge in [-0.1, -0.05) is 60.8 Å². The topological polar surface area (TPSA) is 12.0 Å². The molecule has 0 saturated carbocycles. The molecule has 0 aliphatic rings. The average Bonchev–Trinajstić information content (AvgIpc) is 2.15. The Hall–Kier alpha value is -0.0400. The first-order valence-corrected chi connectivity index (χ1v) is 6.65. The van der Waals surface area contributed by atoms with Crippen LogP contribution in [0, 0.1) is 11.3 Å². The zero-order chi connectivity index (χ0) is 11.9. The van der Waals surface area contributed by atoms with Crippen LogP contribution < -0.4 is 5.32 Å². The van der Waals surface area contributed by atoms with Crippen molar-refractivity contribution in [3.63, 3.8) is 0 Å². The molecular weight excluding hydrogens is 182 g/mol. The van der Waals surface area contributed by atoms with Gasteiger partial charge in [-0.3, -0.25) is 0 Å². The predicted molar refractivity (Wildman–Crippen MR) is 70.2 cm³/mol. The van der Waals surface area contributed by atoms with E-state index in [0.29, 0.717) is 11.5 Å². The lowest BCUT2D eigenvalue weighted by atomic mass is 9.75. The molecule has 0 spiro atoms. The summed E-state index contributed by atoms with van der Waals surface area (Å²) in [5.41, 5.74) is 0.472. The molecule has 0 aromatic carbocycles. The van der Waals surface area contributed by atoms with Crippen LogP contribution in [0.4, 0.5) is 0 Å². The smallest absolute Gasteiger partial charge is 0.00106 e. The van der Waals surface area contributed by atoms with E-state index in [9.17, 15) is 0 Å². The van der Waals surface area contributed by atoms with Crippen molar-refractivity contribution in [2.75, 3.05) is 6.54 Å². The first-order chi connectivity index (χ1) is 6.92. The summed E-state index contributed by atoms with van der Waals surface area (Å²) in [7, 11) is 0. The second-order valence-electron chi connectivity index (χ2n) is 5.80. The first-order valence-electron chi connectivity index (χ1n) is 6.65. The predicted octanol–water partition coefficient (Wildman–Crippen LogP) is 4.23. The lowest BCUT2D eigenvalue weighted by Crippen LogP contribution is -2.39. The molecule has 0 aliphatic carbocycles. The molecule has 15 heavy (non-hydrogen) atoms. The van der Waals surface area contributed by atoms with Crippen molar-refractivity contribution in [3.8, 4) is 0 Å². The van der Waals surface area contributed by atoms with Gasteiger partial charge in [-0.25, -0.2) is 0 Å². The highest BCUT2D eigenvalue weighted by Crippen LogP contribution is 2.32. The van der Waals surface area contributed by atoms with Crippen LogP contribution >= 0.6 is 0 Å². The Bertz CT molecular complexity index is 151.